The number of hydrogen-bond acceptors (Lipinski definition) is 4. The molecule has 1 fully saturated rings. The van der Waals surface area contributed by atoms with Gasteiger partial charge in [-0.15, -0.1) is 0 Å². The minimum Gasteiger partial charge on any atom is -0.348 e. The van der Waals surface area contributed by atoms with Crippen LogP contribution in [0.4, 0.5) is 0 Å². The van der Waals surface area contributed by atoms with Crippen molar-refractivity contribution in [1.82, 2.24) is 20.2 Å². The molecule has 1 atom stereocenters. The Morgan fingerprint density at radius 2 is 2.15 bits per heavy atom. The SMILES string of the molecule is CC(C)CN1CC(C(=O)NCc2ncccn2)CC1=O. The topological polar surface area (TPSA) is 75.2 Å². The van der Waals surface area contributed by atoms with E-state index in [9.17, 15) is 9.59 Å². The van der Waals surface area contributed by atoms with E-state index in [2.05, 4.69) is 29.1 Å². The Bertz CT molecular complexity index is 475. The van der Waals surface area contributed by atoms with E-state index in [0.29, 0.717) is 37.8 Å². The molecular weight excluding hydrogens is 256 g/mol. The molecule has 1 aromatic heterocycles. The molecule has 20 heavy (non-hydrogen) atoms. The van der Waals surface area contributed by atoms with Crippen molar-refractivity contribution in [1.29, 1.82) is 0 Å². The number of hydrogen-bond donors (Lipinski definition) is 1. The van der Waals surface area contributed by atoms with Gasteiger partial charge >= 0.3 is 0 Å². The molecule has 0 saturated carbocycles. The largest absolute Gasteiger partial charge is 0.348 e. The fourth-order valence-electron chi connectivity index (χ4n) is 2.30. The Morgan fingerprint density at radius 3 is 2.80 bits per heavy atom. The molecule has 6 nitrogen and oxygen atoms in total. The molecule has 1 aliphatic rings. The molecule has 2 heterocycles. The molecule has 1 N–H and O–H groups in total. The third-order valence-corrected chi connectivity index (χ3v) is 3.21. The van der Waals surface area contributed by atoms with Crippen LogP contribution in [0.3, 0.4) is 0 Å². The van der Waals surface area contributed by atoms with E-state index in [0.717, 1.165) is 0 Å². The Kier molecular flexibility index (Phi) is 4.65. The molecule has 2 amide bonds. The second-order valence-electron chi connectivity index (χ2n) is 5.48. The summed E-state index contributed by atoms with van der Waals surface area (Å²) in [4.78, 5) is 33.7. The zero-order valence-electron chi connectivity index (χ0n) is 11.9. The molecule has 0 bridgehead atoms. The average molecular weight is 276 g/mol. The van der Waals surface area contributed by atoms with Gasteiger partial charge in [-0.2, -0.15) is 0 Å². The number of nitrogens with zero attached hydrogens (tertiary/aromatic N) is 3. The van der Waals surface area contributed by atoms with Crippen LogP contribution in [0.15, 0.2) is 18.5 Å². The lowest BCUT2D eigenvalue weighted by Gasteiger charge is -2.18. The van der Waals surface area contributed by atoms with Crippen molar-refractivity contribution >= 4 is 11.8 Å². The predicted molar refractivity (Wildman–Crippen MR) is 73.4 cm³/mol. The lowest BCUT2D eigenvalue weighted by atomic mass is 10.1. The van der Waals surface area contributed by atoms with Crippen molar-refractivity contribution in [2.24, 2.45) is 11.8 Å². The van der Waals surface area contributed by atoms with E-state index in [4.69, 9.17) is 0 Å². The molecule has 0 aromatic carbocycles. The summed E-state index contributed by atoms with van der Waals surface area (Å²) in [5, 5.41) is 2.79. The number of carbonyl (C=O) groups is 2. The van der Waals surface area contributed by atoms with Crippen molar-refractivity contribution in [3.8, 4) is 0 Å². The van der Waals surface area contributed by atoms with Gasteiger partial charge in [-0.25, -0.2) is 9.97 Å². The molecular formula is C14H20N4O2. The van der Waals surface area contributed by atoms with Crippen LogP contribution in [0.2, 0.25) is 0 Å². The Hall–Kier alpha value is -1.98. The number of aromatic nitrogens is 2. The predicted octanol–water partition coefficient (Wildman–Crippen LogP) is 0.597. The highest BCUT2D eigenvalue weighted by Gasteiger charge is 2.34. The molecule has 1 aromatic rings. The van der Waals surface area contributed by atoms with Gasteiger partial charge in [0.15, 0.2) is 0 Å². The van der Waals surface area contributed by atoms with Crippen LogP contribution in [0, 0.1) is 11.8 Å². The molecule has 108 valence electrons. The Labute approximate surface area is 118 Å². The van der Waals surface area contributed by atoms with Crippen LogP contribution in [0.25, 0.3) is 0 Å². The number of nitrogens with one attached hydrogen (secondary N) is 1. The van der Waals surface area contributed by atoms with Gasteiger partial charge in [-0.1, -0.05) is 13.8 Å². The highest BCUT2D eigenvalue weighted by atomic mass is 16.2. The summed E-state index contributed by atoms with van der Waals surface area (Å²) in [5.41, 5.74) is 0. The van der Waals surface area contributed by atoms with E-state index < -0.39 is 0 Å². The van der Waals surface area contributed by atoms with Crippen molar-refractivity contribution in [2.75, 3.05) is 13.1 Å². The highest BCUT2D eigenvalue weighted by Crippen LogP contribution is 2.19. The fourth-order valence-corrected chi connectivity index (χ4v) is 2.30. The smallest absolute Gasteiger partial charge is 0.225 e. The van der Waals surface area contributed by atoms with Crippen molar-refractivity contribution < 1.29 is 9.59 Å². The zero-order valence-corrected chi connectivity index (χ0v) is 11.9. The van der Waals surface area contributed by atoms with Crippen molar-refractivity contribution in [3.63, 3.8) is 0 Å². The molecule has 0 spiro atoms. The summed E-state index contributed by atoms with van der Waals surface area (Å²) < 4.78 is 0. The zero-order chi connectivity index (χ0) is 14.5. The number of carbonyl (C=O) groups excluding carboxylic acids is 2. The number of likely N-dealkylation sites (tertiary alicyclic amines) is 1. The van der Waals surface area contributed by atoms with E-state index in [1.807, 2.05) is 0 Å². The lowest BCUT2D eigenvalue weighted by molar-refractivity contribution is -0.129. The maximum absolute atomic E-state index is 12.0. The molecule has 1 unspecified atom stereocenters. The van der Waals surface area contributed by atoms with Crippen LogP contribution in [-0.4, -0.2) is 39.8 Å². The minimum absolute atomic E-state index is 0.0646. The summed E-state index contributed by atoms with van der Waals surface area (Å²) in [6, 6.07) is 1.73. The number of amides is 2. The molecule has 0 aliphatic carbocycles. The van der Waals surface area contributed by atoms with Crippen molar-refractivity contribution in [3.05, 3.63) is 24.3 Å². The molecule has 6 heteroatoms. The van der Waals surface area contributed by atoms with E-state index >= 15 is 0 Å². The van der Waals surface area contributed by atoms with Gasteiger partial charge in [0.2, 0.25) is 11.8 Å². The summed E-state index contributed by atoms with van der Waals surface area (Å²) in [6.07, 6.45) is 3.57. The fraction of sp³-hybridized carbons (Fsp3) is 0.571. The van der Waals surface area contributed by atoms with Gasteiger partial charge in [-0.05, 0) is 12.0 Å². The summed E-state index contributed by atoms with van der Waals surface area (Å²) in [6.45, 7) is 5.65. The number of rotatable bonds is 5. The maximum Gasteiger partial charge on any atom is 0.225 e. The van der Waals surface area contributed by atoms with E-state index in [1.165, 1.54) is 0 Å². The molecule has 0 radical (unpaired) electrons. The molecule has 1 aliphatic heterocycles. The van der Waals surface area contributed by atoms with Crippen LogP contribution in [0.5, 0.6) is 0 Å². The monoisotopic (exact) mass is 276 g/mol. The second-order valence-corrected chi connectivity index (χ2v) is 5.48. The molecule has 2 rings (SSSR count). The first kappa shape index (κ1) is 14.4. The van der Waals surface area contributed by atoms with Crippen LogP contribution in [0.1, 0.15) is 26.1 Å². The third kappa shape index (κ3) is 3.76. The molecule has 1 saturated heterocycles. The Morgan fingerprint density at radius 1 is 1.45 bits per heavy atom. The van der Waals surface area contributed by atoms with Gasteiger partial charge < -0.3 is 10.2 Å². The first-order valence-electron chi connectivity index (χ1n) is 6.87. The standard InChI is InChI=1S/C14H20N4O2/c1-10(2)8-18-9-11(6-13(18)19)14(20)17-7-12-15-4-3-5-16-12/h3-5,10-11H,6-9H2,1-2H3,(H,17,20). The summed E-state index contributed by atoms with van der Waals surface area (Å²) in [7, 11) is 0. The van der Waals surface area contributed by atoms with E-state index in [-0.39, 0.29) is 17.7 Å². The van der Waals surface area contributed by atoms with E-state index in [1.54, 1.807) is 23.4 Å². The van der Waals surface area contributed by atoms with Crippen LogP contribution in [-0.2, 0) is 16.1 Å². The van der Waals surface area contributed by atoms with Gasteiger partial charge in [0.1, 0.15) is 5.82 Å². The minimum atomic E-state index is -0.259. The highest BCUT2D eigenvalue weighted by molar-refractivity contribution is 5.89. The van der Waals surface area contributed by atoms with Crippen LogP contribution < -0.4 is 5.32 Å². The average Bonchev–Trinajstić information content (AvgIpc) is 2.78. The first-order chi connectivity index (χ1) is 9.56. The second kappa shape index (κ2) is 6.45. The summed E-state index contributed by atoms with van der Waals surface area (Å²) in [5.74, 6) is 0.694. The Balaban J connectivity index is 1.83. The summed E-state index contributed by atoms with van der Waals surface area (Å²) >= 11 is 0. The lowest BCUT2D eigenvalue weighted by Crippen LogP contribution is -2.34. The van der Waals surface area contributed by atoms with Crippen LogP contribution >= 0.6 is 0 Å². The van der Waals surface area contributed by atoms with Gasteiger partial charge in [0, 0.05) is 31.9 Å². The van der Waals surface area contributed by atoms with Crippen molar-refractivity contribution in [2.45, 2.75) is 26.8 Å². The maximum atomic E-state index is 12.0. The van der Waals surface area contributed by atoms with Gasteiger partial charge in [0.25, 0.3) is 0 Å². The normalized spacial score (nSPS) is 18.6. The first-order valence-corrected chi connectivity index (χ1v) is 6.87. The third-order valence-electron chi connectivity index (χ3n) is 3.21. The van der Waals surface area contributed by atoms with Gasteiger partial charge in [0.05, 0.1) is 12.5 Å². The quantitative estimate of drug-likeness (QED) is 0.854. The van der Waals surface area contributed by atoms with Gasteiger partial charge in [-0.3, -0.25) is 9.59 Å².